The molecule has 2 fully saturated rings. The lowest BCUT2D eigenvalue weighted by molar-refractivity contribution is -0.122. The normalized spacial score (nSPS) is 18.2. The number of pyridine rings is 1. The molecule has 0 atom stereocenters. The van der Waals surface area contributed by atoms with Gasteiger partial charge < -0.3 is 9.64 Å². The maximum atomic E-state index is 13.4. The molecule has 0 N–H and O–H groups in total. The van der Waals surface area contributed by atoms with Crippen LogP contribution in [0.5, 0.6) is 0 Å². The van der Waals surface area contributed by atoms with Crippen LogP contribution in [-0.4, -0.2) is 57.4 Å². The predicted octanol–water partition coefficient (Wildman–Crippen LogP) is 4.09. The Balaban J connectivity index is 1.60. The molecule has 2 aliphatic heterocycles. The smallest absolute Gasteiger partial charge is 0.267 e. The molecule has 9 heteroatoms. The predicted molar refractivity (Wildman–Crippen MR) is 138 cm³/mol. The number of hydrogen-bond donors (Lipinski definition) is 0. The number of amides is 1. The Labute approximate surface area is 203 Å². The maximum absolute atomic E-state index is 13.4. The number of nitrogens with zero attached hydrogens (tertiary/aromatic N) is 4. The Morgan fingerprint density at radius 1 is 1.12 bits per heavy atom. The van der Waals surface area contributed by atoms with Gasteiger partial charge in [0, 0.05) is 25.8 Å². The first-order chi connectivity index (χ1) is 16.1. The van der Waals surface area contributed by atoms with Crippen LogP contribution in [0.4, 0.5) is 5.82 Å². The van der Waals surface area contributed by atoms with Crippen molar-refractivity contribution >= 4 is 51.7 Å². The second-order valence-corrected chi connectivity index (χ2v) is 9.96. The van der Waals surface area contributed by atoms with Crippen LogP contribution in [0.15, 0.2) is 34.1 Å². The molecule has 0 aliphatic carbocycles. The number of thioether (sulfide) groups is 1. The highest BCUT2D eigenvalue weighted by molar-refractivity contribution is 8.26. The van der Waals surface area contributed by atoms with E-state index in [1.54, 1.807) is 23.2 Å². The zero-order valence-electron chi connectivity index (χ0n) is 19.0. The summed E-state index contributed by atoms with van der Waals surface area (Å²) in [6.45, 7) is 5.28. The molecule has 1 amide bonds. The Morgan fingerprint density at radius 3 is 2.67 bits per heavy atom. The van der Waals surface area contributed by atoms with Gasteiger partial charge in [-0.3, -0.25) is 18.9 Å². The van der Waals surface area contributed by atoms with Gasteiger partial charge in [0.1, 0.15) is 15.8 Å². The summed E-state index contributed by atoms with van der Waals surface area (Å²) in [5.41, 5.74) is 0.806. The van der Waals surface area contributed by atoms with Gasteiger partial charge in [-0.15, -0.1) is 0 Å². The third kappa shape index (κ3) is 5.47. The quantitative estimate of drug-likeness (QED) is 0.300. The van der Waals surface area contributed by atoms with Crippen molar-refractivity contribution in [1.29, 1.82) is 0 Å². The highest BCUT2D eigenvalue weighted by atomic mass is 32.2. The second-order valence-electron chi connectivity index (χ2n) is 8.28. The molecular formula is C24H30N4O3S2. The zero-order chi connectivity index (χ0) is 23.2. The Hall–Kier alpha value is -2.23. The first-order valence-corrected chi connectivity index (χ1v) is 12.9. The van der Waals surface area contributed by atoms with E-state index in [4.69, 9.17) is 21.9 Å². The maximum Gasteiger partial charge on any atom is 0.267 e. The van der Waals surface area contributed by atoms with Crippen LogP contribution in [0.2, 0.25) is 0 Å². The average molecular weight is 487 g/mol. The molecule has 4 rings (SSSR count). The van der Waals surface area contributed by atoms with Gasteiger partial charge in [0.05, 0.1) is 23.7 Å². The molecule has 4 heterocycles. The van der Waals surface area contributed by atoms with Crippen molar-refractivity contribution in [3.63, 3.8) is 0 Å². The Kier molecular flexibility index (Phi) is 8.16. The van der Waals surface area contributed by atoms with Crippen LogP contribution in [0.25, 0.3) is 11.7 Å². The van der Waals surface area contributed by atoms with E-state index in [1.165, 1.54) is 41.8 Å². The number of morpholine rings is 1. The molecular weight excluding hydrogens is 456 g/mol. The third-order valence-electron chi connectivity index (χ3n) is 5.94. The van der Waals surface area contributed by atoms with Crippen LogP contribution < -0.4 is 10.5 Å². The zero-order valence-corrected chi connectivity index (χ0v) is 20.6. The summed E-state index contributed by atoms with van der Waals surface area (Å²) in [6, 6.07) is 5.47. The molecule has 2 aromatic rings. The molecule has 0 unspecified atom stereocenters. The highest BCUT2D eigenvalue weighted by Crippen LogP contribution is 2.34. The Bertz CT molecular complexity index is 1110. The Morgan fingerprint density at radius 2 is 1.88 bits per heavy atom. The van der Waals surface area contributed by atoms with Crippen LogP contribution >= 0.6 is 24.0 Å². The van der Waals surface area contributed by atoms with Gasteiger partial charge in [-0.25, -0.2) is 4.98 Å². The van der Waals surface area contributed by atoms with E-state index in [0.29, 0.717) is 59.1 Å². The summed E-state index contributed by atoms with van der Waals surface area (Å²) < 4.78 is 7.55. The number of carbonyl (C=O) groups is 1. The van der Waals surface area contributed by atoms with Crippen molar-refractivity contribution in [3.8, 4) is 0 Å². The van der Waals surface area contributed by atoms with Crippen LogP contribution in [-0.2, 0) is 9.53 Å². The van der Waals surface area contributed by atoms with E-state index >= 15 is 0 Å². The molecule has 7 nitrogen and oxygen atoms in total. The number of ether oxygens (including phenoxy) is 1. The lowest BCUT2D eigenvalue weighted by Crippen LogP contribution is -2.38. The van der Waals surface area contributed by atoms with Crippen LogP contribution in [0.3, 0.4) is 0 Å². The van der Waals surface area contributed by atoms with Gasteiger partial charge in [-0.1, -0.05) is 69.1 Å². The fourth-order valence-corrected chi connectivity index (χ4v) is 5.40. The summed E-state index contributed by atoms with van der Waals surface area (Å²) in [6.07, 6.45) is 10.3. The number of hydrogen-bond acceptors (Lipinski definition) is 7. The molecule has 2 aromatic heterocycles. The van der Waals surface area contributed by atoms with Crippen molar-refractivity contribution in [3.05, 3.63) is 45.2 Å². The van der Waals surface area contributed by atoms with Crippen LogP contribution in [0, 0.1) is 0 Å². The van der Waals surface area contributed by atoms with Crippen molar-refractivity contribution in [1.82, 2.24) is 14.3 Å². The van der Waals surface area contributed by atoms with Gasteiger partial charge in [-0.05, 0) is 24.6 Å². The number of fused-ring (bicyclic) bond motifs is 1. The largest absolute Gasteiger partial charge is 0.378 e. The molecule has 2 saturated heterocycles. The van der Waals surface area contributed by atoms with Crippen molar-refractivity contribution < 1.29 is 9.53 Å². The SMILES string of the molecule is CCCCCCCCN1C(=O)/C(=C/c2c(N3CCOCC3)nc3ccccn3c2=O)SC1=S. The van der Waals surface area contributed by atoms with Gasteiger partial charge in [0.25, 0.3) is 11.5 Å². The van der Waals surface area contributed by atoms with Crippen molar-refractivity contribution in [2.45, 2.75) is 45.4 Å². The third-order valence-corrected chi connectivity index (χ3v) is 7.32. The summed E-state index contributed by atoms with van der Waals surface area (Å²) in [4.78, 5) is 35.5. The van der Waals surface area contributed by atoms with Crippen LogP contribution in [0.1, 0.15) is 51.0 Å². The molecule has 0 spiro atoms. The molecule has 2 aliphatic rings. The fraction of sp³-hybridized carbons (Fsp3) is 0.500. The minimum Gasteiger partial charge on any atom is -0.378 e. The van der Waals surface area contributed by atoms with E-state index in [9.17, 15) is 9.59 Å². The molecule has 0 radical (unpaired) electrons. The van der Waals surface area contributed by atoms with Gasteiger partial charge in [0.2, 0.25) is 0 Å². The van der Waals surface area contributed by atoms with E-state index in [0.717, 1.165) is 12.8 Å². The number of anilines is 1. The number of aromatic nitrogens is 2. The molecule has 0 aromatic carbocycles. The molecule has 33 heavy (non-hydrogen) atoms. The minimum absolute atomic E-state index is 0.121. The topological polar surface area (TPSA) is 67.2 Å². The lowest BCUT2D eigenvalue weighted by atomic mass is 10.1. The summed E-state index contributed by atoms with van der Waals surface area (Å²) in [5.74, 6) is 0.472. The highest BCUT2D eigenvalue weighted by Gasteiger charge is 2.32. The number of carbonyl (C=O) groups excluding carboxylic acids is 1. The standard InChI is InChI=1S/C24H30N4O3S2/c1-2-3-4-5-6-8-12-28-23(30)19(33-24(28)32)17-18-21(26-13-15-31-16-14-26)25-20-10-7-9-11-27(20)22(18)29/h7,9-11,17H,2-6,8,12-16H2,1H3/b19-17-. The number of unbranched alkanes of at least 4 members (excludes halogenated alkanes) is 5. The van der Waals surface area contributed by atoms with Gasteiger partial charge in [0.15, 0.2) is 0 Å². The van der Waals surface area contributed by atoms with Gasteiger partial charge >= 0.3 is 0 Å². The van der Waals surface area contributed by atoms with E-state index in [-0.39, 0.29) is 11.5 Å². The summed E-state index contributed by atoms with van der Waals surface area (Å²) in [7, 11) is 0. The monoisotopic (exact) mass is 486 g/mol. The first-order valence-electron chi connectivity index (χ1n) is 11.7. The van der Waals surface area contributed by atoms with E-state index < -0.39 is 0 Å². The number of rotatable bonds is 9. The summed E-state index contributed by atoms with van der Waals surface area (Å²) >= 11 is 6.77. The van der Waals surface area contributed by atoms with E-state index in [1.807, 2.05) is 12.1 Å². The summed E-state index contributed by atoms with van der Waals surface area (Å²) in [5, 5.41) is 0. The molecule has 0 saturated carbocycles. The van der Waals surface area contributed by atoms with Gasteiger partial charge in [-0.2, -0.15) is 0 Å². The van der Waals surface area contributed by atoms with Crippen molar-refractivity contribution in [2.75, 3.05) is 37.7 Å². The van der Waals surface area contributed by atoms with Crippen molar-refractivity contribution in [2.24, 2.45) is 0 Å². The first kappa shape index (κ1) is 23.9. The minimum atomic E-state index is -0.191. The lowest BCUT2D eigenvalue weighted by Gasteiger charge is -2.29. The second kappa shape index (κ2) is 11.3. The number of thiocarbonyl (C=S) groups is 1. The average Bonchev–Trinajstić information content (AvgIpc) is 3.10. The molecule has 176 valence electrons. The molecule has 0 bridgehead atoms. The fourth-order valence-electron chi connectivity index (χ4n) is 4.11. The van der Waals surface area contributed by atoms with E-state index in [2.05, 4.69) is 11.8 Å².